The van der Waals surface area contributed by atoms with Gasteiger partial charge in [-0.05, 0) is 36.2 Å². The standard InChI is InChI=1S/C15H12N2O2S/c1-2-10-3-8-13-14(9-10)20-15(16-13)11-4-6-12(7-5-11)17(18)19/h3-9H,2H2,1H3. The first-order chi connectivity index (χ1) is 9.67. The maximum absolute atomic E-state index is 10.7. The number of hydrogen-bond donors (Lipinski definition) is 0. The molecule has 1 heterocycles. The van der Waals surface area contributed by atoms with Gasteiger partial charge in [-0.3, -0.25) is 10.1 Å². The Kier molecular flexibility index (Phi) is 3.20. The summed E-state index contributed by atoms with van der Waals surface area (Å²) in [5.74, 6) is 0. The van der Waals surface area contributed by atoms with Crippen molar-refractivity contribution >= 4 is 27.2 Å². The highest BCUT2D eigenvalue weighted by Crippen LogP contribution is 2.31. The molecule has 3 aromatic rings. The van der Waals surface area contributed by atoms with Crippen LogP contribution in [0, 0.1) is 10.1 Å². The first-order valence-electron chi connectivity index (χ1n) is 6.31. The van der Waals surface area contributed by atoms with Crippen LogP contribution in [0.5, 0.6) is 0 Å². The van der Waals surface area contributed by atoms with E-state index in [0.29, 0.717) is 0 Å². The third-order valence-electron chi connectivity index (χ3n) is 3.19. The summed E-state index contributed by atoms with van der Waals surface area (Å²) in [6, 6.07) is 12.8. The number of aromatic nitrogens is 1. The average Bonchev–Trinajstić information content (AvgIpc) is 2.90. The molecule has 2 aromatic carbocycles. The van der Waals surface area contributed by atoms with E-state index < -0.39 is 4.92 Å². The second-order valence-corrected chi connectivity index (χ2v) is 5.51. The lowest BCUT2D eigenvalue weighted by atomic mass is 10.2. The van der Waals surface area contributed by atoms with Gasteiger partial charge in [0.25, 0.3) is 5.69 Å². The third-order valence-corrected chi connectivity index (χ3v) is 4.25. The van der Waals surface area contributed by atoms with E-state index in [2.05, 4.69) is 24.0 Å². The van der Waals surface area contributed by atoms with E-state index >= 15 is 0 Å². The monoisotopic (exact) mass is 284 g/mol. The van der Waals surface area contributed by atoms with E-state index in [4.69, 9.17) is 0 Å². The summed E-state index contributed by atoms with van der Waals surface area (Å²) >= 11 is 1.61. The molecule has 5 heteroatoms. The molecule has 0 unspecified atom stereocenters. The second-order valence-electron chi connectivity index (χ2n) is 4.48. The van der Waals surface area contributed by atoms with Gasteiger partial charge in [-0.15, -0.1) is 11.3 Å². The minimum atomic E-state index is -0.393. The Morgan fingerprint density at radius 3 is 2.60 bits per heavy atom. The van der Waals surface area contributed by atoms with Gasteiger partial charge >= 0.3 is 0 Å². The number of nitro benzene ring substituents is 1. The van der Waals surface area contributed by atoms with Gasteiger partial charge in [0.1, 0.15) is 5.01 Å². The minimum Gasteiger partial charge on any atom is -0.258 e. The lowest BCUT2D eigenvalue weighted by molar-refractivity contribution is -0.384. The topological polar surface area (TPSA) is 56.0 Å². The van der Waals surface area contributed by atoms with Crippen molar-refractivity contribution < 1.29 is 4.92 Å². The van der Waals surface area contributed by atoms with Crippen LogP contribution in [0.2, 0.25) is 0 Å². The molecule has 20 heavy (non-hydrogen) atoms. The molecule has 0 amide bonds. The van der Waals surface area contributed by atoms with E-state index in [1.165, 1.54) is 17.7 Å². The fourth-order valence-corrected chi connectivity index (χ4v) is 3.07. The number of nitro groups is 1. The van der Waals surface area contributed by atoms with Crippen LogP contribution < -0.4 is 0 Å². The lowest BCUT2D eigenvalue weighted by Gasteiger charge is -1.95. The minimum absolute atomic E-state index is 0.100. The van der Waals surface area contributed by atoms with Crippen molar-refractivity contribution in [3.05, 3.63) is 58.1 Å². The smallest absolute Gasteiger partial charge is 0.258 e. The average molecular weight is 284 g/mol. The van der Waals surface area contributed by atoms with Gasteiger partial charge in [-0.2, -0.15) is 0 Å². The van der Waals surface area contributed by atoms with Crippen LogP contribution in [0.25, 0.3) is 20.8 Å². The fraction of sp³-hybridized carbons (Fsp3) is 0.133. The van der Waals surface area contributed by atoms with Crippen LogP contribution in [0.15, 0.2) is 42.5 Å². The fourth-order valence-electron chi connectivity index (χ4n) is 2.04. The van der Waals surface area contributed by atoms with Crippen LogP contribution >= 0.6 is 11.3 Å². The van der Waals surface area contributed by atoms with Gasteiger partial charge < -0.3 is 0 Å². The molecular formula is C15H12N2O2S. The van der Waals surface area contributed by atoms with Crippen molar-refractivity contribution in [3.63, 3.8) is 0 Å². The zero-order valence-electron chi connectivity index (χ0n) is 10.9. The molecule has 0 bridgehead atoms. The van der Waals surface area contributed by atoms with Crippen LogP contribution in [0.4, 0.5) is 5.69 Å². The number of nitrogens with zero attached hydrogens (tertiary/aromatic N) is 2. The van der Waals surface area contributed by atoms with Crippen molar-refractivity contribution in [2.45, 2.75) is 13.3 Å². The highest BCUT2D eigenvalue weighted by molar-refractivity contribution is 7.21. The molecule has 0 atom stereocenters. The van der Waals surface area contributed by atoms with Crippen LogP contribution in [0.1, 0.15) is 12.5 Å². The van der Waals surface area contributed by atoms with Crippen LogP contribution in [-0.4, -0.2) is 9.91 Å². The van der Waals surface area contributed by atoms with Crippen molar-refractivity contribution in [2.24, 2.45) is 0 Å². The normalized spacial score (nSPS) is 10.8. The van der Waals surface area contributed by atoms with Crippen LogP contribution in [0.3, 0.4) is 0 Å². The van der Waals surface area contributed by atoms with Gasteiger partial charge in [0.2, 0.25) is 0 Å². The highest BCUT2D eigenvalue weighted by atomic mass is 32.1. The zero-order chi connectivity index (χ0) is 14.1. The number of benzene rings is 2. The summed E-state index contributed by atoms with van der Waals surface area (Å²) in [6.07, 6.45) is 1.00. The summed E-state index contributed by atoms with van der Waals surface area (Å²) in [7, 11) is 0. The first kappa shape index (κ1) is 12.7. The molecule has 0 radical (unpaired) electrons. The summed E-state index contributed by atoms with van der Waals surface area (Å²) in [4.78, 5) is 14.8. The number of non-ortho nitro benzene ring substituents is 1. The largest absolute Gasteiger partial charge is 0.269 e. The Morgan fingerprint density at radius 2 is 1.95 bits per heavy atom. The van der Waals surface area contributed by atoms with Crippen molar-refractivity contribution in [2.75, 3.05) is 0 Å². The predicted octanol–water partition coefficient (Wildman–Crippen LogP) is 4.43. The SMILES string of the molecule is CCc1ccc2nc(-c3ccc([N+](=O)[O-])cc3)sc2c1. The number of hydrogen-bond acceptors (Lipinski definition) is 4. The maximum Gasteiger partial charge on any atom is 0.269 e. The van der Waals surface area contributed by atoms with Gasteiger partial charge in [-0.1, -0.05) is 13.0 Å². The Labute approximate surface area is 119 Å². The predicted molar refractivity (Wildman–Crippen MR) is 81.1 cm³/mol. The number of rotatable bonds is 3. The number of fused-ring (bicyclic) bond motifs is 1. The summed E-state index contributed by atoms with van der Waals surface area (Å²) in [5, 5.41) is 11.5. The van der Waals surface area contributed by atoms with E-state index in [1.807, 2.05) is 6.07 Å². The van der Waals surface area contributed by atoms with Crippen LogP contribution in [-0.2, 0) is 6.42 Å². The molecule has 0 saturated carbocycles. The lowest BCUT2D eigenvalue weighted by Crippen LogP contribution is -1.86. The van der Waals surface area contributed by atoms with Gasteiger partial charge in [-0.25, -0.2) is 4.98 Å². The van der Waals surface area contributed by atoms with Crippen molar-refractivity contribution in [3.8, 4) is 10.6 Å². The second kappa shape index (κ2) is 5.02. The molecular weight excluding hydrogens is 272 g/mol. The maximum atomic E-state index is 10.7. The van der Waals surface area contributed by atoms with E-state index in [1.54, 1.807) is 23.5 Å². The Balaban J connectivity index is 2.03. The molecule has 0 aliphatic rings. The van der Waals surface area contributed by atoms with E-state index in [0.717, 1.165) is 27.2 Å². The molecule has 3 rings (SSSR count). The Hall–Kier alpha value is -2.27. The zero-order valence-corrected chi connectivity index (χ0v) is 11.7. The highest BCUT2D eigenvalue weighted by Gasteiger charge is 2.09. The molecule has 100 valence electrons. The van der Waals surface area contributed by atoms with Crippen molar-refractivity contribution in [1.82, 2.24) is 4.98 Å². The van der Waals surface area contributed by atoms with E-state index in [9.17, 15) is 10.1 Å². The molecule has 0 spiro atoms. The molecule has 1 aromatic heterocycles. The molecule has 0 saturated heterocycles. The number of thiazole rings is 1. The Bertz CT molecular complexity index is 778. The molecule has 0 N–H and O–H groups in total. The third kappa shape index (κ3) is 2.28. The quantitative estimate of drug-likeness (QED) is 0.528. The summed E-state index contributed by atoms with van der Waals surface area (Å²) in [5.41, 5.74) is 3.27. The summed E-state index contributed by atoms with van der Waals surface area (Å²) in [6.45, 7) is 2.12. The first-order valence-corrected chi connectivity index (χ1v) is 7.13. The number of aryl methyl sites for hydroxylation is 1. The van der Waals surface area contributed by atoms with E-state index in [-0.39, 0.29) is 5.69 Å². The molecule has 0 fully saturated rings. The van der Waals surface area contributed by atoms with Crippen molar-refractivity contribution in [1.29, 1.82) is 0 Å². The van der Waals surface area contributed by atoms with Gasteiger partial charge in [0.05, 0.1) is 15.1 Å². The molecule has 0 aliphatic heterocycles. The molecule has 0 aliphatic carbocycles. The Morgan fingerprint density at radius 1 is 1.20 bits per heavy atom. The summed E-state index contributed by atoms with van der Waals surface area (Å²) < 4.78 is 1.15. The van der Waals surface area contributed by atoms with Gasteiger partial charge in [0, 0.05) is 17.7 Å². The molecule has 4 nitrogen and oxygen atoms in total. The van der Waals surface area contributed by atoms with Gasteiger partial charge in [0.15, 0.2) is 0 Å².